The highest BCUT2D eigenvalue weighted by atomic mass is 16.5. The zero-order valence-electron chi connectivity index (χ0n) is 18.1. The molecule has 4 nitrogen and oxygen atoms in total. The van der Waals surface area contributed by atoms with Crippen LogP contribution in [0.3, 0.4) is 0 Å². The van der Waals surface area contributed by atoms with Crippen LogP contribution in [-0.4, -0.2) is 38.2 Å². The molecule has 27 heavy (non-hydrogen) atoms. The number of methoxy groups -OCH3 is 2. The van der Waals surface area contributed by atoms with Crippen molar-refractivity contribution in [2.45, 2.75) is 40.7 Å². The first kappa shape index (κ1) is 24.5. The van der Waals surface area contributed by atoms with Crippen molar-refractivity contribution in [1.82, 2.24) is 4.90 Å². The fraction of sp³-hybridized carbons (Fsp3) is 0.435. The summed E-state index contributed by atoms with van der Waals surface area (Å²) in [5, 5.41) is 0. The summed E-state index contributed by atoms with van der Waals surface area (Å²) in [6.07, 6.45) is 8.59. The van der Waals surface area contributed by atoms with Crippen molar-refractivity contribution in [3.63, 3.8) is 0 Å². The van der Waals surface area contributed by atoms with E-state index in [-0.39, 0.29) is 5.97 Å². The lowest BCUT2D eigenvalue weighted by Crippen LogP contribution is -2.31. The summed E-state index contributed by atoms with van der Waals surface area (Å²) >= 11 is 0. The smallest absolute Gasteiger partial charge is 0.337 e. The standard InChI is InChI=1S/C11H17N.C10H12O3.C2H6/c1-5-12(4)11-8-9(2)6-7-10(11)3;1-7-4-5-8(10(11)13-3)6-9(7)12-2;1-2/h5-8,10-11H,1H2,2-4H3;4-6H,1-3H3;1-2H3. The summed E-state index contributed by atoms with van der Waals surface area (Å²) in [5.41, 5.74) is 2.84. The summed E-state index contributed by atoms with van der Waals surface area (Å²) in [4.78, 5) is 13.3. The summed E-state index contributed by atoms with van der Waals surface area (Å²) < 4.78 is 9.65. The van der Waals surface area contributed by atoms with Crippen molar-refractivity contribution in [3.05, 3.63) is 65.9 Å². The largest absolute Gasteiger partial charge is 0.496 e. The van der Waals surface area contributed by atoms with E-state index in [1.165, 1.54) is 12.7 Å². The molecule has 4 heteroatoms. The number of nitrogens with zero attached hydrogens (tertiary/aromatic N) is 1. The van der Waals surface area contributed by atoms with E-state index in [2.05, 4.69) is 55.3 Å². The minimum atomic E-state index is -0.349. The lowest BCUT2D eigenvalue weighted by molar-refractivity contribution is 0.0600. The van der Waals surface area contributed by atoms with E-state index in [9.17, 15) is 4.79 Å². The Morgan fingerprint density at radius 1 is 1.22 bits per heavy atom. The molecule has 1 aliphatic rings. The van der Waals surface area contributed by atoms with E-state index in [1.807, 2.05) is 33.0 Å². The molecule has 1 aromatic rings. The van der Waals surface area contributed by atoms with Gasteiger partial charge in [0.1, 0.15) is 5.75 Å². The Bertz CT molecular complexity index is 658. The molecule has 0 saturated heterocycles. The third kappa shape index (κ3) is 7.73. The van der Waals surface area contributed by atoms with Crippen LogP contribution in [-0.2, 0) is 4.74 Å². The monoisotopic (exact) mass is 373 g/mol. The van der Waals surface area contributed by atoms with Gasteiger partial charge < -0.3 is 14.4 Å². The predicted molar refractivity (Wildman–Crippen MR) is 114 cm³/mol. The highest BCUT2D eigenvalue weighted by Gasteiger charge is 2.17. The summed E-state index contributed by atoms with van der Waals surface area (Å²) in [7, 11) is 5.00. The molecule has 1 aliphatic carbocycles. The van der Waals surface area contributed by atoms with Crippen LogP contribution in [0.15, 0.2) is 54.8 Å². The number of aryl methyl sites for hydroxylation is 1. The van der Waals surface area contributed by atoms with Crippen molar-refractivity contribution < 1.29 is 14.3 Å². The van der Waals surface area contributed by atoms with Crippen LogP contribution >= 0.6 is 0 Å². The number of carbonyl (C=O) groups is 1. The molecular formula is C23H35NO3. The molecule has 0 aromatic heterocycles. The second-order valence-corrected chi connectivity index (χ2v) is 6.14. The van der Waals surface area contributed by atoms with E-state index < -0.39 is 0 Å². The van der Waals surface area contributed by atoms with E-state index in [4.69, 9.17) is 4.74 Å². The molecular weight excluding hydrogens is 338 g/mol. The maximum atomic E-state index is 11.1. The summed E-state index contributed by atoms with van der Waals surface area (Å²) in [6.45, 7) is 14.0. The SMILES string of the molecule is C=CN(C)C1C=C(C)C=CC1C.CC.COC(=O)c1ccc(C)c(OC)c1. The van der Waals surface area contributed by atoms with Crippen LogP contribution in [0.25, 0.3) is 0 Å². The topological polar surface area (TPSA) is 38.8 Å². The molecule has 0 saturated carbocycles. The zero-order valence-corrected chi connectivity index (χ0v) is 18.1. The summed E-state index contributed by atoms with van der Waals surface area (Å²) in [6, 6.07) is 5.68. The number of hydrogen-bond acceptors (Lipinski definition) is 4. The molecule has 2 rings (SSSR count). The van der Waals surface area contributed by atoms with Gasteiger partial charge in [-0.05, 0) is 43.7 Å². The lowest BCUT2D eigenvalue weighted by atomic mass is 9.93. The fourth-order valence-electron chi connectivity index (χ4n) is 2.57. The minimum absolute atomic E-state index is 0.349. The Morgan fingerprint density at radius 3 is 2.37 bits per heavy atom. The first-order chi connectivity index (χ1) is 12.8. The first-order valence-electron chi connectivity index (χ1n) is 9.28. The van der Waals surface area contributed by atoms with Crippen LogP contribution in [0.5, 0.6) is 5.75 Å². The van der Waals surface area contributed by atoms with Gasteiger partial charge in [-0.25, -0.2) is 4.79 Å². The maximum absolute atomic E-state index is 11.1. The van der Waals surface area contributed by atoms with Gasteiger partial charge in [0.2, 0.25) is 0 Å². The average molecular weight is 374 g/mol. The molecule has 0 radical (unpaired) electrons. The van der Waals surface area contributed by atoms with Crippen LogP contribution in [0, 0.1) is 12.8 Å². The molecule has 0 bridgehead atoms. The predicted octanol–water partition coefficient (Wildman–Crippen LogP) is 5.40. The first-order valence-corrected chi connectivity index (χ1v) is 9.28. The number of esters is 1. The number of benzene rings is 1. The number of likely N-dealkylation sites (N-methyl/N-ethyl adjacent to an activating group) is 1. The zero-order chi connectivity index (χ0) is 21.0. The number of ether oxygens (including phenoxy) is 2. The molecule has 0 spiro atoms. The van der Waals surface area contributed by atoms with E-state index in [0.717, 1.165) is 5.56 Å². The Balaban J connectivity index is 0.000000460. The maximum Gasteiger partial charge on any atom is 0.337 e. The third-order valence-corrected chi connectivity index (χ3v) is 4.22. The van der Waals surface area contributed by atoms with Crippen molar-refractivity contribution in [2.75, 3.05) is 21.3 Å². The van der Waals surface area contributed by atoms with E-state index in [0.29, 0.717) is 23.3 Å². The molecule has 0 heterocycles. The van der Waals surface area contributed by atoms with Gasteiger partial charge in [0.25, 0.3) is 0 Å². The Morgan fingerprint density at radius 2 is 1.85 bits per heavy atom. The second kappa shape index (κ2) is 12.8. The van der Waals surface area contributed by atoms with Crippen LogP contribution in [0.2, 0.25) is 0 Å². The number of hydrogen-bond donors (Lipinski definition) is 0. The van der Waals surface area contributed by atoms with Gasteiger partial charge in [-0.15, -0.1) is 0 Å². The van der Waals surface area contributed by atoms with Crippen molar-refractivity contribution in [3.8, 4) is 5.75 Å². The van der Waals surface area contributed by atoms with Gasteiger partial charge in [0.05, 0.1) is 25.8 Å². The van der Waals surface area contributed by atoms with Crippen LogP contribution < -0.4 is 4.74 Å². The fourth-order valence-corrected chi connectivity index (χ4v) is 2.57. The van der Waals surface area contributed by atoms with Gasteiger partial charge in [-0.1, -0.05) is 57.2 Å². The molecule has 2 unspecified atom stereocenters. The van der Waals surface area contributed by atoms with E-state index >= 15 is 0 Å². The van der Waals surface area contributed by atoms with Gasteiger partial charge in [-0.3, -0.25) is 0 Å². The minimum Gasteiger partial charge on any atom is -0.496 e. The van der Waals surface area contributed by atoms with Crippen molar-refractivity contribution in [1.29, 1.82) is 0 Å². The highest BCUT2D eigenvalue weighted by Crippen LogP contribution is 2.20. The van der Waals surface area contributed by atoms with Gasteiger partial charge in [-0.2, -0.15) is 0 Å². The van der Waals surface area contributed by atoms with Gasteiger partial charge >= 0.3 is 5.97 Å². The van der Waals surface area contributed by atoms with Gasteiger partial charge in [0.15, 0.2) is 0 Å². The quantitative estimate of drug-likeness (QED) is 0.663. The van der Waals surface area contributed by atoms with Crippen molar-refractivity contribution >= 4 is 5.97 Å². The van der Waals surface area contributed by atoms with Crippen LogP contribution in [0.4, 0.5) is 0 Å². The number of carbonyl (C=O) groups excluding carboxylic acids is 1. The van der Waals surface area contributed by atoms with Crippen molar-refractivity contribution in [2.24, 2.45) is 5.92 Å². The molecule has 0 amide bonds. The highest BCUT2D eigenvalue weighted by molar-refractivity contribution is 5.89. The average Bonchev–Trinajstić information content (AvgIpc) is 2.71. The third-order valence-electron chi connectivity index (χ3n) is 4.22. The molecule has 0 aliphatic heterocycles. The Kier molecular flexibility index (Phi) is 11.6. The van der Waals surface area contributed by atoms with Crippen LogP contribution in [0.1, 0.15) is 43.6 Å². The normalized spacial score (nSPS) is 17.3. The molecule has 0 N–H and O–H groups in total. The summed E-state index contributed by atoms with van der Waals surface area (Å²) in [5.74, 6) is 0.929. The molecule has 150 valence electrons. The molecule has 2 atom stereocenters. The van der Waals surface area contributed by atoms with E-state index in [1.54, 1.807) is 19.2 Å². The number of rotatable bonds is 4. The Labute approximate surface area is 165 Å². The van der Waals surface area contributed by atoms with Gasteiger partial charge in [0, 0.05) is 7.05 Å². The lowest BCUT2D eigenvalue weighted by Gasteiger charge is -2.30. The second-order valence-electron chi connectivity index (χ2n) is 6.14. The molecule has 0 fully saturated rings. The number of allylic oxidation sites excluding steroid dienone is 2. The Hall–Kier alpha value is -2.49. The molecule has 1 aromatic carbocycles.